The predicted molar refractivity (Wildman–Crippen MR) is 69.0 cm³/mol. The lowest BCUT2D eigenvalue weighted by Gasteiger charge is -2.02. The van der Waals surface area contributed by atoms with Gasteiger partial charge >= 0.3 is 0 Å². The number of imide groups is 1. The Bertz CT molecular complexity index is 566. The maximum Gasteiger partial charge on any atom is 0.290 e. The van der Waals surface area contributed by atoms with Gasteiger partial charge in [-0.2, -0.15) is 0 Å². The summed E-state index contributed by atoms with van der Waals surface area (Å²) in [6.07, 6.45) is 1.12. The van der Waals surface area contributed by atoms with Gasteiger partial charge in [0.25, 0.3) is 11.1 Å². The summed E-state index contributed by atoms with van der Waals surface area (Å²) >= 11 is 0.716. The molecular weight excluding hydrogens is 252 g/mol. The summed E-state index contributed by atoms with van der Waals surface area (Å²) in [4.78, 5) is 33.9. The number of aryl methyl sites for hydroxylation is 1. The zero-order valence-electron chi connectivity index (χ0n) is 9.52. The lowest BCUT2D eigenvalue weighted by atomic mass is 10.2. The Morgan fingerprint density at radius 1 is 1.39 bits per heavy atom. The lowest BCUT2D eigenvalue weighted by molar-refractivity contribution is -0.116. The number of hydrogen-bond acceptors (Lipinski definition) is 4. The highest BCUT2D eigenvalue weighted by atomic mass is 32.2. The van der Waals surface area contributed by atoms with Gasteiger partial charge in [-0.25, -0.2) is 0 Å². The maximum atomic E-state index is 11.6. The zero-order chi connectivity index (χ0) is 13.1. The number of amides is 3. The third kappa shape index (κ3) is 2.98. The van der Waals surface area contributed by atoms with E-state index in [-0.39, 0.29) is 4.91 Å². The fraction of sp³-hybridized carbons (Fsp3) is 0.0833. The summed E-state index contributed by atoms with van der Waals surface area (Å²) in [5.74, 6) is -0.975. The predicted octanol–water partition coefficient (Wildman–Crippen LogP) is 1.80. The minimum Gasteiger partial charge on any atom is -0.322 e. The first-order valence-electron chi connectivity index (χ1n) is 5.17. The van der Waals surface area contributed by atoms with Crippen LogP contribution in [0.2, 0.25) is 0 Å². The van der Waals surface area contributed by atoms with Crippen LogP contribution in [0.1, 0.15) is 5.56 Å². The lowest BCUT2D eigenvalue weighted by Crippen LogP contribution is -2.18. The van der Waals surface area contributed by atoms with Crippen LogP contribution < -0.4 is 10.6 Å². The fourth-order valence-electron chi connectivity index (χ4n) is 1.44. The minimum absolute atomic E-state index is 0.102. The van der Waals surface area contributed by atoms with Gasteiger partial charge < -0.3 is 5.32 Å². The molecule has 0 saturated carbocycles. The van der Waals surface area contributed by atoms with Crippen molar-refractivity contribution in [3.8, 4) is 0 Å². The molecule has 1 aliphatic heterocycles. The quantitative estimate of drug-likeness (QED) is 0.797. The average Bonchev–Trinajstić information content (AvgIpc) is 2.57. The van der Waals surface area contributed by atoms with Crippen LogP contribution in [0.5, 0.6) is 0 Å². The third-order valence-electron chi connectivity index (χ3n) is 2.19. The molecule has 5 nitrogen and oxygen atoms in total. The molecule has 1 aromatic carbocycles. The van der Waals surface area contributed by atoms with Crippen molar-refractivity contribution >= 4 is 34.5 Å². The minimum atomic E-state index is -0.538. The van der Waals surface area contributed by atoms with Gasteiger partial charge in [-0.15, -0.1) is 0 Å². The molecular formula is C12H10N2O3S. The molecule has 1 saturated heterocycles. The molecule has 1 aromatic rings. The van der Waals surface area contributed by atoms with Gasteiger partial charge in [0.15, 0.2) is 0 Å². The molecule has 0 radical (unpaired) electrons. The Morgan fingerprint density at radius 3 is 2.78 bits per heavy atom. The van der Waals surface area contributed by atoms with Crippen molar-refractivity contribution in [3.63, 3.8) is 0 Å². The van der Waals surface area contributed by atoms with E-state index < -0.39 is 17.1 Å². The van der Waals surface area contributed by atoms with Crippen molar-refractivity contribution in [3.05, 3.63) is 40.8 Å². The van der Waals surface area contributed by atoms with E-state index in [2.05, 4.69) is 10.6 Å². The van der Waals surface area contributed by atoms with E-state index in [0.29, 0.717) is 17.4 Å². The Hall–Kier alpha value is -2.08. The Morgan fingerprint density at radius 2 is 2.17 bits per heavy atom. The number of carbonyl (C=O) groups excluding carboxylic acids is 3. The monoisotopic (exact) mass is 262 g/mol. The number of nitrogens with one attached hydrogen (secondary N) is 2. The molecule has 2 rings (SSSR count). The normalized spacial score (nSPS) is 16.8. The SMILES string of the molecule is Cc1cccc(NC(=O)C=C2SC(=O)NC2=O)c1. The molecule has 0 bridgehead atoms. The van der Waals surface area contributed by atoms with Gasteiger partial charge in [0.1, 0.15) is 0 Å². The fourth-order valence-corrected chi connectivity index (χ4v) is 2.09. The molecule has 92 valence electrons. The molecule has 2 N–H and O–H groups in total. The molecule has 0 aliphatic carbocycles. The Balaban J connectivity index is 2.07. The van der Waals surface area contributed by atoms with Gasteiger partial charge in [0, 0.05) is 11.8 Å². The molecule has 18 heavy (non-hydrogen) atoms. The van der Waals surface area contributed by atoms with Crippen molar-refractivity contribution in [2.24, 2.45) is 0 Å². The van der Waals surface area contributed by atoms with Crippen LogP contribution in [0.3, 0.4) is 0 Å². The van der Waals surface area contributed by atoms with Gasteiger partial charge in [-0.1, -0.05) is 12.1 Å². The largest absolute Gasteiger partial charge is 0.322 e. The second-order valence-electron chi connectivity index (χ2n) is 3.71. The number of benzene rings is 1. The van der Waals surface area contributed by atoms with Gasteiger partial charge in [0.2, 0.25) is 5.91 Å². The Kier molecular flexibility index (Phi) is 3.47. The smallest absolute Gasteiger partial charge is 0.290 e. The molecule has 1 fully saturated rings. The summed E-state index contributed by atoms with van der Waals surface area (Å²) in [6, 6.07) is 7.28. The van der Waals surface area contributed by atoms with Crippen LogP contribution in [-0.4, -0.2) is 17.1 Å². The molecule has 0 atom stereocenters. The van der Waals surface area contributed by atoms with E-state index in [1.54, 1.807) is 6.07 Å². The number of rotatable bonds is 2. The van der Waals surface area contributed by atoms with Gasteiger partial charge in [-0.05, 0) is 36.4 Å². The van der Waals surface area contributed by atoms with Crippen LogP contribution in [0.25, 0.3) is 0 Å². The van der Waals surface area contributed by atoms with Crippen molar-refractivity contribution in [1.29, 1.82) is 0 Å². The highest BCUT2D eigenvalue weighted by Crippen LogP contribution is 2.22. The van der Waals surface area contributed by atoms with E-state index >= 15 is 0 Å². The maximum absolute atomic E-state index is 11.6. The van der Waals surface area contributed by atoms with E-state index in [9.17, 15) is 14.4 Å². The van der Waals surface area contributed by atoms with E-state index in [0.717, 1.165) is 11.6 Å². The standard InChI is InChI=1S/C12H10N2O3S/c1-7-3-2-4-8(5-7)13-10(15)6-9-11(16)14-12(17)18-9/h2-6H,1H3,(H,13,15)(H,14,16,17). The van der Waals surface area contributed by atoms with E-state index in [4.69, 9.17) is 0 Å². The topological polar surface area (TPSA) is 75.3 Å². The first-order valence-corrected chi connectivity index (χ1v) is 5.99. The number of carbonyl (C=O) groups is 3. The highest BCUT2D eigenvalue weighted by Gasteiger charge is 2.25. The molecule has 3 amide bonds. The number of thioether (sulfide) groups is 1. The molecule has 0 aromatic heterocycles. The molecule has 1 heterocycles. The van der Waals surface area contributed by atoms with Crippen molar-refractivity contribution in [2.45, 2.75) is 6.92 Å². The van der Waals surface area contributed by atoms with Crippen LogP contribution in [0.4, 0.5) is 10.5 Å². The van der Waals surface area contributed by atoms with E-state index in [1.807, 2.05) is 25.1 Å². The number of anilines is 1. The summed E-state index contributed by atoms with van der Waals surface area (Å²) in [5, 5.41) is 4.24. The van der Waals surface area contributed by atoms with Gasteiger partial charge in [-0.3, -0.25) is 19.7 Å². The zero-order valence-corrected chi connectivity index (χ0v) is 10.3. The van der Waals surface area contributed by atoms with Crippen LogP contribution in [0.15, 0.2) is 35.2 Å². The highest BCUT2D eigenvalue weighted by molar-refractivity contribution is 8.18. The van der Waals surface area contributed by atoms with Crippen LogP contribution >= 0.6 is 11.8 Å². The van der Waals surface area contributed by atoms with Crippen molar-refractivity contribution < 1.29 is 14.4 Å². The summed E-state index contributed by atoms with van der Waals surface area (Å²) in [6.45, 7) is 1.91. The summed E-state index contributed by atoms with van der Waals surface area (Å²) in [5.41, 5.74) is 1.66. The molecule has 1 aliphatic rings. The number of hydrogen-bond donors (Lipinski definition) is 2. The van der Waals surface area contributed by atoms with E-state index in [1.165, 1.54) is 0 Å². The first kappa shape index (κ1) is 12.4. The molecule has 0 spiro atoms. The third-order valence-corrected chi connectivity index (χ3v) is 3.00. The summed E-state index contributed by atoms with van der Waals surface area (Å²) < 4.78 is 0. The molecule has 0 unspecified atom stereocenters. The van der Waals surface area contributed by atoms with Crippen molar-refractivity contribution in [1.82, 2.24) is 5.32 Å². The molecule has 6 heteroatoms. The first-order chi connectivity index (χ1) is 8.54. The summed E-state index contributed by atoms with van der Waals surface area (Å²) in [7, 11) is 0. The second-order valence-corrected chi connectivity index (χ2v) is 4.73. The van der Waals surface area contributed by atoms with Crippen LogP contribution in [-0.2, 0) is 9.59 Å². The second kappa shape index (κ2) is 5.05. The van der Waals surface area contributed by atoms with Crippen molar-refractivity contribution in [2.75, 3.05) is 5.32 Å². The Labute approximate surface area is 108 Å². The average molecular weight is 262 g/mol. The van der Waals surface area contributed by atoms with Gasteiger partial charge in [0.05, 0.1) is 4.91 Å². The van der Waals surface area contributed by atoms with Crippen LogP contribution in [0, 0.1) is 6.92 Å².